The van der Waals surface area contributed by atoms with Crippen molar-refractivity contribution in [1.82, 2.24) is 9.88 Å². The highest BCUT2D eigenvalue weighted by Gasteiger charge is 2.41. The summed E-state index contributed by atoms with van der Waals surface area (Å²) in [6.07, 6.45) is 2.34. The molecule has 1 saturated heterocycles. The molecule has 0 bridgehead atoms. The van der Waals surface area contributed by atoms with Crippen molar-refractivity contribution >= 4 is 6.09 Å². The number of pyridine rings is 1. The number of rotatable bonds is 5. The Labute approximate surface area is 165 Å². The maximum atomic E-state index is 12.6. The van der Waals surface area contributed by atoms with Gasteiger partial charge in [0.25, 0.3) is 0 Å². The van der Waals surface area contributed by atoms with Gasteiger partial charge in [0.15, 0.2) is 0 Å². The number of nitrogens with one attached hydrogen (secondary N) is 1. The molecule has 1 aliphatic rings. The Balaban J connectivity index is 1.71. The lowest BCUT2D eigenvalue weighted by atomic mass is 9.87. The van der Waals surface area contributed by atoms with E-state index in [2.05, 4.69) is 4.98 Å². The van der Waals surface area contributed by atoms with Crippen LogP contribution < -0.4 is 5.56 Å². The summed E-state index contributed by atoms with van der Waals surface area (Å²) < 4.78 is 5.70. The van der Waals surface area contributed by atoms with Crippen LogP contribution in [0.5, 0.6) is 0 Å². The summed E-state index contributed by atoms with van der Waals surface area (Å²) in [6.45, 7) is 7.87. The van der Waals surface area contributed by atoms with E-state index in [1.165, 1.54) is 0 Å². The number of carbonyl (C=O) groups excluding carboxylic acids is 1. The first kappa shape index (κ1) is 20.1. The molecule has 1 aromatic carbocycles. The lowest BCUT2D eigenvalue weighted by Crippen LogP contribution is -2.51. The predicted molar refractivity (Wildman–Crippen MR) is 108 cm³/mol. The molecule has 2 heterocycles. The summed E-state index contributed by atoms with van der Waals surface area (Å²) in [5.74, 6) is 0. The molecule has 3 rings (SSSR count). The standard InChI is InChI=1S/C22H28N2O4/c1-15(24-12-10-22(4,28-20(24)26)14-21(2,3)27)16-5-7-17(8-6-16)18-9-11-23-19(25)13-18/h5-9,11,13,15,27H,10,12,14H2,1-4H3,(H,23,25). The largest absolute Gasteiger partial charge is 0.443 e. The second kappa shape index (κ2) is 7.43. The van der Waals surface area contributed by atoms with Crippen LogP contribution in [-0.4, -0.2) is 38.8 Å². The van der Waals surface area contributed by atoms with E-state index in [4.69, 9.17) is 4.74 Å². The Bertz CT molecular complexity index is 898. The molecule has 1 fully saturated rings. The number of amides is 1. The average molecular weight is 384 g/mol. The van der Waals surface area contributed by atoms with Crippen LogP contribution in [-0.2, 0) is 4.74 Å². The van der Waals surface area contributed by atoms with Crippen LogP contribution in [0.25, 0.3) is 11.1 Å². The van der Waals surface area contributed by atoms with Gasteiger partial charge in [0.05, 0.1) is 11.6 Å². The molecule has 6 heteroatoms. The number of hydrogen-bond donors (Lipinski definition) is 2. The number of H-pyrrole nitrogens is 1. The van der Waals surface area contributed by atoms with Crippen molar-refractivity contribution in [2.75, 3.05) is 6.54 Å². The monoisotopic (exact) mass is 384 g/mol. The van der Waals surface area contributed by atoms with Crippen molar-refractivity contribution in [1.29, 1.82) is 0 Å². The minimum Gasteiger partial charge on any atom is -0.443 e. The molecule has 2 aromatic rings. The van der Waals surface area contributed by atoms with Gasteiger partial charge >= 0.3 is 6.09 Å². The Morgan fingerprint density at radius 1 is 1.21 bits per heavy atom. The Morgan fingerprint density at radius 2 is 1.89 bits per heavy atom. The van der Waals surface area contributed by atoms with Crippen LogP contribution in [0.3, 0.4) is 0 Å². The van der Waals surface area contributed by atoms with E-state index < -0.39 is 11.2 Å². The average Bonchev–Trinajstić information content (AvgIpc) is 2.59. The SMILES string of the molecule is CC(c1ccc(-c2cc[nH]c(=O)c2)cc1)N1CCC(C)(CC(C)(C)O)OC1=O. The number of cyclic esters (lactones) is 1. The third-order valence-electron chi connectivity index (χ3n) is 5.23. The van der Waals surface area contributed by atoms with Crippen LogP contribution in [0, 0.1) is 0 Å². The molecular weight excluding hydrogens is 356 g/mol. The molecule has 2 unspecified atom stereocenters. The summed E-state index contributed by atoms with van der Waals surface area (Å²) in [7, 11) is 0. The van der Waals surface area contributed by atoms with Crippen LogP contribution in [0.4, 0.5) is 4.79 Å². The summed E-state index contributed by atoms with van der Waals surface area (Å²) >= 11 is 0. The maximum Gasteiger partial charge on any atom is 0.410 e. The second-order valence-electron chi connectivity index (χ2n) is 8.49. The smallest absolute Gasteiger partial charge is 0.410 e. The number of hydrogen-bond acceptors (Lipinski definition) is 4. The molecular formula is C22H28N2O4. The van der Waals surface area contributed by atoms with Crippen LogP contribution in [0.1, 0.15) is 52.1 Å². The van der Waals surface area contributed by atoms with E-state index >= 15 is 0 Å². The number of aliphatic hydroxyl groups is 1. The van der Waals surface area contributed by atoms with E-state index in [1.54, 1.807) is 31.0 Å². The Hall–Kier alpha value is -2.60. The zero-order valence-corrected chi connectivity index (χ0v) is 16.9. The molecule has 0 saturated carbocycles. The van der Waals surface area contributed by atoms with Crippen LogP contribution in [0.15, 0.2) is 47.4 Å². The van der Waals surface area contributed by atoms with E-state index in [0.717, 1.165) is 16.7 Å². The van der Waals surface area contributed by atoms with Gasteiger partial charge in [-0.15, -0.1) is 0 Å². The highest BCUT2D eigenvalue weighted by atomic mass is 16.6. The second-order valence-corrected chi connectivity index (χ2v) is 8.49. The van der Waals surface area contributed by atoms with Crippen molar-refractivity contribution in [3.8, 4) is 11.1 Å². The summed E-state index contributed by atoms with van der Waals surface area (Å²) in [5, 5.41) is 10.1. The molecule has 2 atom stereocenters. The number of benzene rings is 1. The third kappa shape index (κ3) is 4.62. The van der Waals surface area contributed by atoms with Crippen LogP contribution in [0.2, 0.25) is 0 Å². The van der Waals surface area contributed by atoms with Gasteiger partial charge in [-0.3, -0.25) is 4.79 Å². The third-order valence-corrected chi connectivity index (χ3v) is 5.23. The fraction of sp³-hybridized carbons (Fsp3) is 0.455. The molecule has 150 valence electrons. The van der Waals surface area contributed by atoms with Crippen molar-refractivity contribution < 1.29 is 14.6 Å². The number of nitrogens with zero attached hydrogens (tertiary/aromatic N) is 1. The summed E-state index contributed by atoms with van der Waals surface area (Å²) in [5.41, 5.74) is 1.11. The molecule has 1 aliphatic heterocycles. The quantitative estimate of drug-likeness (QED) is 0.820. The van der Waals surface area contributed by atoms with Gasteiger partial charge in [-0.25, -0.2) is 4.79 Å². The zero-order chi connectivity index (χ0) is 20.5. The topological polar surface area (TPSA) is 82.6 Å². The van der Waals surface area contributed by atoms with Gasteiger partial charge in [0.1, 0.15) is 5.60 Å². The minimum atomic E-state index is -0.891. The van der Waals surface area contributed by atoms with Crippen molar-refractivity contribution in [3.63, 3.8) is 0 Å². The molecule has 0 aliphatic carbocycles. The Morgan fingerprint density at radius 3 is 2.46 bits per heavy atom. The first-order valence-corrected chi connectivity index (χ1v) is 9.57. The van der Waals surface area contributed by atoms with Gasteiger partial charge in [0.2, 0.25) is 5.56 Å². The summed E-state index contributed by atoms with van der Waals surface area (Å²) in [4.78, 5) is 28.4. The van der Waals surface area contributed by atoms with E-state index in [1.807, 2.05) is 44.2 Å². The molecule has 2 N–H and O–H groups in total. The van der Waals surface area contributed by atoms with Crippen molar-refractivity contribution in [2.45, 2.75) is 57.8 Å². The maximum absolute atomic E-state index is 12.6. The highest BCUT2D eigenvalue weighted by molar-refractivity contribution is 5.70. The molecule has 6 nitrogen and oxygen atoms in total. The van der Waals surface area contributed by atoms with Gasteiger partial charge in [-0.2, -0.15) is 0 Å². The highest BCUT2D eigenvalue weighted by Crippen LogP contribution is 2.35. The number of ether oxygens (including phenoxy) is 1. The van der Waals surface area contributed by atoms with E-state index in [-0.39, 0.29) is 17.7 Å². The number of aromatic nitrogens is 1. The van der Waals surface area contributed by atoms with Gasteiger partial charge in [0, 0.05) is 31.6 Å². The number of aromatic amines is 1. The molecule has 1 aromatic heterocycles. The molecule has 1 amide bonds. The van der Waals surface area contributed by atoms with E-state index in [0.29, 0.717) is 19.4 Å². The first-order valence-electron chi connectivity index (χ1n) is 9.57. The first-order chi connectivity index (χ1) is 13.1. The fourth-order valence-electron chi connectivity index (χ4n) is 3.92. The zero-order valence-electron chi connectivity index (χ0n) is 16.9. The lowest BCUT2D eigenvalue weighted by Gasteiger charge is -2.43. The Kier molecular flexibility index (Phi) is 5.35. The molecule has 0 radical (unpaired) electrons. The van der Waals surface area contributed by atoms with Gasteiger partial charge in [-0.1, -0.05) is 24.3 Å². The minimum absolute atomic E-state index is 0.132. The van der Waals surface area contributed by atoms with Gasteiger partial charge in [-0.05, 0) is 50.5 Å². The van der Waals surface area contributed by atoms with Gasteiger partial charge < -0.3 is 19.7 Å². The molecule has 0 spiro atoms. The van der Waals surface area contributed by atoms with Crippen LogP contribution >= 0.6 is 0 Å². The van der Waals surface area contributed by atoms with Crippen molar-refractivity contribution in [2.24, 2.45) is 0 Å². The summed E-state index contributed by atoms with van der Waals surface area (Å²) in [6, 6.07) is 11.1. The lowest BCUT2D eigenvalue weighted by molar-refractivity contribution is -0.0859. The predicted octanol–water partition coefficient (Wildman–Crippen LogP) is 3.86. The van der Waals surface area contributed by atoms with Crippen molar-refractivity contribution in [3.05, 3.63) is 58.5 Å². The fourth-order valence-corrected chi connectivity index (χ4v) is 3.92. The normalized spacial score (nSPS) is 21.3. The number of carbonyl (C=O) groups is 1. The van der Waals surface area contributed by atoms with E-state index in [9.17, 15) is 14.7 Å². The molecule has 28 heavy (non-hydrogen) atoms.